The average Bonchev–Trinajstić information content (AvgIpc) is 2.90. The highest BCUT2D eigenvalue weighted by molar-refractivity contribution is 4.91. The maximum absolute atomic E-state index is 4.33. The van der Waals surface area contributed by atoms with Gasteiger partial charge < -0.3 is 9.88 Å². The molecule has 3 atom stereocenters. The zero-order valence-electron chi connectivity index (χ0n) is 14.2. The number of imidazole rings is 1. The minimum atomic E-state index is 0.666. The molecule has 0 spiro atoms. The molecular formula is C17H32N4. The molecule has 1 aliphatic heterocycles. The Labute approximate surface area is 129 Å². The zero-order chi connectivity index (χ0) is 15.2. The molecule has 0 radical (unpaired) electrons. The predicted molar refractivity (Wildman–Crippen MR) is 88.5 cm³/mol. The van der Waals surface area contributed by atoms with Crippen LogP contribution in [0.2, 0.25) is 0 Å². The SMILES string of the molecule is CCCC1CN(CCn2ccnc2C)C(C(C)CC)CN1. The molecule has 4 heteroatoms. The molecular weight excluding hydrogens is 260 g/mol. The maximum atomic E-state index is 4.33. The molecule has 1 N–H and O–H groups in total. The first-order valence-electron chi connectivity index (χ1n) is 8.60. The summed E-state index contributed by atoms with van der Waals surface area (Å²) < 4.78 is 2.27. The van der Waals surface area contributed by atoms with Crippen molar-refractivity contribution in [3.8, 4) is 0 Å². The fourth-order valence-electron chi connectivity index (χ4n) is 3.41. The van der Waals surface area contributed by atoms with Gasteiger partial charge in [-0.3, -0.25) is 4.90 Å². The minimum absolute atomic E-state index is 0.666. The topological polar surface area (TPSA) is 33.1 Å². The van der Waals surface area contributed by atoms with E-state index in [9.17, 15) is 0 Å². The van der Waals surface area contributed by atoms with Gasteiger partial charge in [-0.25, -0.2) is 4.98 Å². The summed E-state index contributed by atoms with van der Waals surface area (Å²) in [5, 5.41) is 3.76. The number of aromatic nitrogens is 2. The van der Waals surface area contributed by atoms with Gasteiger partial charge in [0, 0.05) is 50.7 Å². The Morgan fingerprint density at radius 3 is 2.81 bits per heavy atom. The Kier molecular flexibility index (Phi) is 6.24. The third-order valence-corrected chi connectivity index (χ3v) is 5.03. The van der Waals surface area contributed by atoms with Gasteiger partial charge in [0.15, 0.2) is 0 Å². The Morgan fingerprint density at radius 1 is 1.38 bits per heavy atom. The second-order valence-electron chi connectivity index (χ2n) is 6.51. The van der Waals surface area contributed by atoms with Crippen LogP contribution in [0.5, 0.6) is 0 Å². The van der Waals surface area contributed by atoms with Gasteiger partial charge in [0.1, 0.15) is 5.82 Å². The van der Waals surface area contributed by atoms with Gasteiger partial charge in [-0.05, 0) is 19.3 Å². The van der Waals surface area contributed by atoms with Gasteiger partial charge in [0.2, 0.25) is 0 Å². The number of piperazine rings is 1. The summed E-state index contributed by atoms with van der Waals surface area (Å²) in [4.78, 5) is 7.04. The summed E-state index contributed by atoms with van der Waals surface area (Å²) in [5.41, 5.74) is 0. The molecule has 3 unspecified atom stereocenters. The number of aryl methyl sites for hydroxylation is 1. The Hall–Kier alpha value is -0.870. The lowest BCUT2D eigenvalue weighted by molar-refractivity contribution is 0.0851. The lowest BCUT2D eigenvalue weighted by Crippen LogP contribution is -2.58. The number of rotatable bonds is 7. The van der Waals surface area contributed by atoms with E-state index < -0.39 is 0 Å². The van der Waals surface area contributed by atoms with Crippen LogP contribution in [-0.4, -0.2) is 46.2 Å². The van der Waals surface area contributed by atoms with Crippen LogP contribution in [0.4, 0.5) is 0 Å². The van der Waals surface area contributed by atoms with E-state index >= 15 is 0 Å². The van der Waals surface area contributed by atoms with Crippen LogP contribution in [0.25, 0.3) is 0 Å². The van der Waals surface area contributed by atoms with E-state index in [1.807, 2.05) is 6.20 Å². The summed E-state index contributed by atoms with van der Waals surface area (Å²) in [6.45, 7) is 13.6. The van der Waals surface area contributed by atoms with Crippen molar-refractivity contribution < 1.29 is 0 Å². The van der Waals surface area contributed by atoms with E-state index in [1.165, 1.54) is 25.8 Å². The second kappa shape index (κ2) is 7.95. The summed E-state index contributed by atoms with van der Waals surface area (Å²) in [6, 6.07) is 1.34. The highest BCUT2D eigenvalue weighted by Crippen LogP contribution is 2.19. The van der Waals surface area contributed by atoms with Crippen LogP contribution in [-0.2, 0) is 6.54 Å². The van der Waals surface area contributed by atoms with Crippen molar-refractivity contribution in [1.82, 2.24) is 19.8 Å². The molecule has 0 bridgehead atoms. The molecule has 1 aliphatic rings. The van der Waals surface area contributed by atoms with E-state index in [2.05, 4.69) is 53.7 Å². The molecule has 4 nitrogen and oxygen atoms in total. The van der Waals surface area contributed by atoms with E-state index in [0.717, 1.165) is 31.4 Å². The molecule has 120 valence electrons. The predicted octanol–water partition coefficient (Wildman–Crippen LogP) is 2.68. The van der Waals surface area contributed by atoms with Crippen molar-refractivity contribution >= 4 is 0 Å². The summed E-state index contributed by atoms with van der Waals surface area (Å²) in [5.74, 6) is 1.87. The van der Waals surface area contributed by atoms with Crippen molar-refractivity contribution in [3.63, 3.8) is 0 Å². The Morgan fingerprint density at radius 2 is 2.19 bits per heavy atom. The Balaban J connectivity index is 1.97. The molecule has 0 saturated carbocycles. The van der Waals surface area contributed by atoms with E-state index in [4.69, 9.17) is 0 Å². The molecule has 2 rings (SSSR count). The lowest BCUT2D eigenvalue weighted by atomic mass is 9.93. The number of nitrogens with zero attached hydrogens (tertiary/aromatic N) is 3. The van der Waals surface area contributed by atoms with Gasteiger partial charge in [-0.1, -0.05) is 33.6 Å². The quantitative estimate of drug-likeness (QED) is 0.839. The molecule has 1 aromatic rings. The largest absolute Gasteiger partial charge is 0.334 e. The number of hydrogen-bond donors (Lipinski definition) is 1. The Bertz CT molecular complexity index is 415. The van der Waals surface area contributed by atoms with Crippen LogP contribution in [0.15, 0.2) is 12.4 Å². The second-order valence-corrected chi connectivity index (χ2v) is 6.51. The van der Waals surface area contributed by atoms with E-state index in [-0.39, 0.29) is 0 Å². The molecule has 0 amide bonds. The number of nitrogens with one attached hydrogen (secondary N) is 1. The lowest BCUT2D eigenvalue weighted by Gasteiger charge is -2.43. The van der Waals surface area contributed by atoms with Crippen molar-refractivity contribution in [2.75, 3.05) is 19.6 Å². The first-order chi connectivity index (χ1) is 10.2. The van der Waals surface area contributed by atoms with E-state index in [1.54, 1.807) is 0 Å². The van der Waals surface area contributed by atoms with Crippen LogP contribution >= 0.6 is 0 Å². The average molecular weight is 292 g/mol. The molecule has 0 aliphatic carbocycles. The van der Waals surface area contributed by atoms with Crippen molar-refractivity contribution in [2.45, 2.75) is 65.6 Å². The third kappa shape index (κ3) is 4.30. The molecule has 1 aromatic heterocycles. The van der Waals surface area contributed by atoms with Crippen LogP contribution in [0.1, 0.15) is 45.9 Å². The summed E-state index contributed by atoms with van der Waals surface area (Å²) >= 11 is 0. The fourth-order valence-corrected chi connectivity index (χ4v) is 3.41. The van der Waals surface area contributed by atoms with Crippen molar-refractivity contribution in [3.05, 3.63) is 18.2 Å². The number of hydrogen-bond acceptors (Lipinski definition) is 3. The standard InChI is InChI=1S/C17H32N4/c1-5-7-16-13-21(17(12-19-16)14(3)6-2)11-10-20-9-8-18-15(20)4/h8-9,14,16-17,19H,5-7,10-13H2,1-4H3. The van der Waals surface area contributed by atoms with Crippen molar-refractivity contribution in [1.29, 1.82) is 0 Å². The molecule has 21 heavy (non-hydrogen) atoms. The summed E-state index contributed by atoms with van der Waals surface area (Å²) in [7, 11) is 0. The monoisotopic (exact) mass is 292 g/mol. The van der Waals surface area contributed by atoms with Gasteiger partial charge in [0.05, 0.1) is 0 Å². The van der Waals surface area contributed by atoms with Gasteiger partial charge in [0.25, 0.3) is 0 Å². The highest BCUT2D eigenvalue weighted by Gasteiger charge is 2.30. The first kappa shape index (κ1) is 16.5. The first-order valence-corrected chi connectivity index (χ1v) is 8.60. The zero-order valence-corrected chi connectivity index (χ0v) is 14.2. The van der Waals surface area contributed by atoms with Gasteiger partial charge in [-0.2, -0.15) is 0 Å². The van der Waals surface area contributed by atoms with Gasteiger partial charge in [-0.15, -0.1) is 0 Å². The minimum Gasteiger partial charge on any atom is -0.334 e. The summed E-state index contributed by atoms with van der Waals surface area (Å²) in [6.07, 6.45) is 7.80. The normalized spacial score (nSPS) is 25.1. The smallest absolute Gasteiger partial charge is 0.105 e. The highest BCUT2D eigenvalue weighted by atomic mass is 15.2. The molecule has 1 fully saturated rings. The van der Waals surface area contributed by atoms with Crippen LogP contribution in [0.3, 0.4) is 0 Å². The molecule has 0 aromatic carbocycles. The van der Waals surface area contributed by atoms with Crippen LogP contribution in [0, 0.1) is 12.8 Å². The molecule has 2 heterocycles. The van der Waals surface area contributed by atoms with E-state index in [0.29, 0.717) is 12.1 Å². The maximum Gasteiger partial charge on any atom is 0.105 e. The molecule has 1 saturated heterocycles. The van der Waals surface area contributed by atoms with Gasteiger partial charge >= 0.3 is 0 Å². The fraction of sp³-hybridized carbons (Fsp3) is 0.824. The third-order valence-electron chi connectivity index (χ3n) is 5.03. The van der Waals surface area contributed by atoms with Crippen molar-refractivity contribution in [2.24, 2.45) is 5.92 Å². The van der Waals surface area contributed by atoms with Crippen LogP contribution < -0.4 is 5.32 Å².